The molecular formula is C7H11N. The minimum absolute atomic E-state index is 0. The van der Waals surface area contributed by atoms with Gasteiger partial charge in [-0.2, -0.15) is 0 Å². The van der Waals surface area contributed by atoms with Crippen LogP contribution in [0.3, 0.4) is 0 Å². The fourth-order valence-electron chi connectivity index (χ4n) is 0.565. The molecule has 0 aromatic carbocycles. The number of aromatic nitrogens is 1. The molecule has 0 aliphatic carbocycles. The Morgan fingerprint density at radius 1 is 1.50 bits per heavy atom. The average molecular weight is 109 g/mol. The second kappa shape index (κ2) is 1.95. The van der Waals surface area contributed by atoms with Gasteiger partial charge in [0.15, 0.2) is 0 Å². The van der Waals surface area contributed by atoms with E-state index in [4.69, 9.17) is 0 Å². The molecule has 0 spiro atoms. The van der Waals surface area contributed by atoms with Crippen molar-refractivity contribution in [2.75, 3.05) is 0 Å². The SMILES string of the molecule is Cc1cccnc1C.[HH]. The molecule has 0 N–H and O–H groups in total. The van der Waals surface area contributed by atoms with Crippen LogP contribution in [0.25, 0.3) is 0 Å². The second-order valence-electron chi connectivity index (χ2n) is 1.91. The molecule has 0 saturated heterocycles. The molecule has 0 aliphatic rings. The van der Waals surface area contributed by atoms with Crippen molar-refractivity contribution in [1.29, 1.82) is 0 Å². The highest BCUT2D eigenvalue weighted by Crippen LogP contribution is 1.98. The predicted molar refractivity (Wildman–Crippen MR) is 35.8 cm³/mol. The molecule has 0 radical (unpaired) electrons. The molecule has 1 aromatic rings. The van der Waals surface area contributed by atoms with Gasteiger partial charge in [-0.25, -0.2) is 0 Å². The van der Waals surface area contributed by atoms with Crippen LogP contribution in [-0.2, 0) is 0 Å². The molecule has 0 saturated carbocycles. The van der Waals surface area contributed by atoms with Gasteiger partial charge in [0.2, 0.25) is 0 Å². The molecule has 8 heavy (non-hydrogen) atoms. The Kier molecular flexibility index (Phi) is 1.29. The highest BCUT2D eigenvalue weighted by atomic mass is 14.6. The molecule has 0 bridgehead atoms. The maximum absolute atomic E-state index is 4.08. The van der Waals surface area contributed by atoms with E-state index in [1.807, 2.05) is 19.2 Å². The second-order valence-corrected chi connectivity index (χ2v) is 1.91. The van der Waals surface area contributed by atoms with Crippen molar-refractivity contribution in [3.63, 3.8) is 0 Å². The first kappa shape index (κ1) is 5.29. The molecular weight excluding hydrogens is 98.1 g/mol. The number of pyridine rings is 1. The van der Waals surface area contributed by atoms with Crippen molar-refractivity contribution < 1.29 is 1.43 Å². The van der Waals surface area contributed by atoms with E-state index in [0.717, 1.165) is 5.69 Å². The van der Waals surface area contributed by atoms with Gasteiger partial charge in [-0.1, -0.05) is 6.07 Å². The van der Waals surface area contributed by atoms with Crippen molar-refractivity contribution in [2.24, 2.45) is 0 Å². The molecule has 1 nitrogen and oxygen atoms in total. The van der Waals surface area contributed by atoms with Crippen LogP contribution in [0.15, 0.2) is 18.3 Å². The summed E-state index contributed by atoms with van der Waals surface area (Å²) in [4.78, 5) is 4.08. The van der Waals surface area contributed by atoms with Gasteiger partial charge < -0.3 is 0 Å². The molecule has 0 atom stereocenters. The number of hydrogen-bond donors (Lipinski definition) is 0. The normalized spacial score (nSPS) is 9.25. The van der Waals surface area contributed by atoms with Gasteiger partial charge in [0.25, 0.3) is 0 Å². The van der Waals surface area contributed by atoms with Crippen LogP contribution >= 0.6 is 0 Å². The quantitative estimate of drug-likeness (QED) is 0.496. The summed E-state index contributed by atoms with van der Waals surface area (Å²) in [5.74, 6) is 0. The summed E-state index contributed by atoms with van der Waals surface area (Å²) in [6, 6.07) is 4.00. The van der Waals surface area contributed by atoms with E-state index in [-0.39, 0.29) is 1.43 Å². The smallest absolute Gasteiger partial charge is 0.0401 e. The minimum atomic E-state index is 0. The lowest BCUT2D eigenvalue weighted by Gasteiger charge is -1.92. The average Bonchev–Trinajstić information content (AvgIpc) is 1.77. The Morgan fingerprint density at radius 3 is 2.62 bits per heavy atom. The Morgan fingerprint density at radius 2 is 2.25 bits per heavy atom. The lowest BCUT2D eigenvalue weighted by atomic mass is 10.2. The van der Waals surface area contributed by atoms with Gasteiger partial charge in [0.05, 0.1) is 0 Å². The third-order valence-electron chi connectivity index (χ3n) is 1.27. The third kappa shape index (κ3) is 0.861. The zero-order valence-electron chi connectivity index (χ0n) is 5.18. The van der Waals surface area contributed by atoms with Gasteiger partial charge in [-0.3, -0.25) is 4.98 Å². The summed E-state index contributed by atoms with van der Waals surface area (Å²) in [6.45, 7) is 4.07. The van der Waals surface area contributed by atoms with Gasteiger partial charge >= 0.3 is 0 Å². The van der Waals surface area contributed by atoms with Crippen molar-refractivity contribution in [3.05, 3.63) is 29.6 Å². The van der Waals surface area contributed by atoms with Crippen molar-refractivity contribution >= 4 is 0 Å². The van der Waals surface area contributed by atoms with Crippen LogP contribution in [0.2, 0.25) is 0 Å². The predicted octanol–water partition coefficient (Wildman–Crippen LogP) is 1.94. The Hall–Kier alpha value is -0.850. The molecule has 1 heterocycles. The van der Waals surface area contributed by atoms with Gasteiger partial charge in [-0.15, -0.1) is 0 Å². The van der Waals surface area contributed by atoms with Crippen molar-refractivity contribution in [3.8, 4) is 0 Å². The molecule has 0 amide bonds. The summed E-state index contributed by atoms with van der Waals surface area (Å²) in [5.41, 5.74) is 2.38. The summed E-state index contributed by atoms with van der Waals surface area (Å²) in [6.07, 6.45) is 1.81. The van der Waals surface area contributed by atoms with Crippen LogP contribution in [0.5, 0.6) is 0 Å². The summed E-state index contributed by atoms with van der Waals surface area (Å²) in [7, 11) is 0. The lowest BCUT2D eigenvalue weighted by molar-refractivity contribution is 1.15. The molecule has 0 fully saturated rings. The lowest BCUT2D eigenvalue weighted by Crippen LogP contribution is -1.81. The van der Waals surface area contributed by atoms with Crippen LogP contribution in [0, 0.1) is 13.8 Å². The van der Waals surface area contributed by atoms with Crippen LogP contribution in [0.1, 0.15) is 12.7 Å². The number of nitrogens with zero attached hydrogens (tertiary/aromatic N) is 1. The van der Waals surface area contributed by atoms with E-state index in [9.17, 15) is 0 Å². The zero-order chi connectivity index (χ0) is 5.98. The molecule has 44 valence electrons. The maximum Gasteiger partial charge on any atom is 0.0401 e. The number of aryl methyl sites for hydroxylation is 2. The minimum Gasteiger partial charge on any atom is -0.261 e. The standard InChI is InChI=1S/C7H9N.H2/c1-6-4-3-5-8-7(6)2;/h3-5H,1-2H3;1H. The van der Waals surface area contributed by atoms with E-state index in [1.165, 1.54) is 5.56 Å². The first-order chi connectivity index (χ1) is 3.80. The van der Waals surface area contributed by atoms with Crippen LogP contribution in [0.4, 0.5) is 0 Å². The summed E-state index contributed by atoms with van der Waals surface area (Å²) >= 11 is 0. The Balaban J connectivity index is 0.000000640. The fourth-order valence-corrected chi connectivity index (χ4v) is 0.565. The summed E-state index contributed by atoms with van der Waals surface area (Å²) in [5, 5.41) is 0. The monoisotopic (exact) mass is 109 g/mol. The van der Waals surface area contributed by atoms with E-state index < -0.39 is 0 Å². The van der Waals surface area contributed by atoms with Crippen molar-refractivity contribution in [2.45, 2.75) is 13.8 Å². The van der Waals surface area contributed by atoms with Crippen molar-refractivity contribution in [1.82, 2.24) is 4.98 Å². The number of hydrogen-bond acceptors (Lipinski definition) is 1. The van der Waals surface area contributed by atoms with E-state index in [2.05, 4.69) is 18.0 Å². The topological polar surface area (TPSA) is 12.9 Å². The van der Waals surface area contributed by atoms with E-state index in [1.54, 1.807) is 0 Å². The zero-order valence-corrected chi connectivity index (χ0v) is 5.18. The van der Waals surface area contributed by atoms with Gasteiger partial charge in [0, 0.05) is 13.3 Å². The van der Waals surface area contributed by atoms with Gasteiger partial charge in [0.1, 0.15) is 0 Å². The first-order valence-corrected chi connectivity index (χ1v) is 2.69. The number of rotatable bonds is 0. The molecule has 0 aliphatic heterocycles. The Bertz CT molecular complexity index is 165. The Labute approximate surface area is 50.9 Å². The van der Waals surface area contributed by atoms with Crippen LogP contribution < -0.4 is 0 Å². The molecule has 0 unspecified atom stereocenters. The highest BCUT2D eigenvalue weighted by molar-refractivity contribution is 5.15. The largest absolute Gasteiger partial charge is 0.261 e. The fraction of sp³-hybridized carbons (Fsp3) is 0.286. The summed E-state index contributed by atoms with van der Waals surface area (Å²) < 4.78 is 0. The van der Waals surface area contributed by atoms with Gasteiger partial charge in [-0.05, 0) is 25.5 Å². The van der Waals surface area contributed by atoms with E-state index in [0.29, 0.717) is 0 Å². The highest BCUT2D eigenvalue weighted by Gasteiger charge is 1.85. The third-order valence-corrected chi connectivity index (χ3v) is 1.27. The molecule has 1 heteroatoms. The first-order valence-electron chi connectivity index (χ1n) is 2.69. The maximum atomic E-state index is 4.08. The molecule has 1 aromatic heterocycles. The van der Waals surface area contributed by atoms with E-state index >= 15 is 0 Å². The van der Waals surface area contributed by atoms with Crippen LogP contribution in [-0.4, -0.2) is 4.98 Å². The molecule has 1 rings (SSSR count).